The van der Waals surface area contributed by atoms with Gasteiger partial charge < -0.3 is 10.3 Å². The van der Waals surface area contributed by atoms with E-state index in [-0.39, 0.29) is 0 Å². The van der Waals surface area contributed by atoms with Crippen LogP contribution in [0.15, 0.2) is 48.8 Å². The molecular weight excluding hydrogens is 258 g/mol. The Balaban J connectivity index is 1.55. The van der Waals surface area contributed by atoms with Crippen molar-refractivity contribution in [2.24, 2.45) is 0 Å². The Kier molecular flexibility index (Phi) is 3.20. The first kappa shape index (κ1) is 12.6. The largest absolute Gasteiger partial charge is 0.346 e. The van der Waals surface area contributed by atoms with Gasteiger partial charge in [-0.3, -0.25) is 0 Å². The van der Waals surface area contributed by atoms with Crippen molar-refractivity contribution in [3.05, 3.63) is 65.5 Å². The predicted molar refractivity (Wildman–Crippen MR) is 85.1 cm³/mol. The number of nitrogens with zero attached hydrogens (tertiary/aromatic N) is 1. The number of rotatable bonds is 3. The van der Waals surface area contributed by atoms with Gasteiger partial charge in [-0.25, -0.2) is 4.98 Å². The molecule has 2 aromatic heterocycles. The average Bonchev–Trinajstić information content (AvgIpc) is 2.96. The Morgan fingerprint density at radius 3 is 3.14 bits per heavy atom. The summed E-state index contributed by atoms with van der Waals surface area (Å²) in [7, 11) is 0. The molecule has 1 atom stereocenters. The zero-order valence-corrected chi connectivity index (χ0v) is 12.0. The van der Waals surface area contributed by atoms with Gasteiger partial charge >= 0.3 is 0 Å². The highest BCUT2D eigenvalue weighted by Gasteiger charge is 2.19. The Labute approximate surface area is 124 Å². The molecule has 0 amide bonds. The van der Waals surface area contributed by atoms with Gasteiger partial charge in [-0.1, -0.05) is 24.3 Å². The van der Waals surface area contributed by atoms with E-state index < -0.39 is 0 Å². The maximum absolute atomic E-state index is 4.35. The van der Waals surface area contributed by atoms with Crippen LogP contribution in [0, 0.1) is 0 Å². The van der Waals surface area contributed by atoms with Crippen LogP contribution >= 0.6 is 0 Å². The SMILES string of the molecule is c1ccc2c(c1)CCCC2NCc1c[nH]c2ncccc12. The molecule has 0 saturated carbocycles. The Bertz CT molecular complexity index is 760. The van der Waals surface area contributed by atoms with Crippen molar-refractivity contribution in [2.75, 3.05) is 0 Å². The van der Waals surface area contributed by atoms with Gasteiger partial charge in [-0.05, 0) is 48.1 Å². The van der Waals surface area contributed by atoms with Crippen molar-refractivity contribution in [1.29, 1.82) is 0 Å². The van der Waals surface area contributed by atoms with Crippen LogP contribution in [0.25, 0.3) is 11.0 Å². The quantitative estimate of drug-likeness (QED) is 0.766. The zero-order valence-electron chi connectivity index (χ0n) is 12.0. The smallest absolute Gasteiger partial charge is 0.137 e. The van der Waals surface area contributed by atoms with Crippen molar-refractivity contribution in [3.8, 4) is 0 Å². The highest BCUT2D eigenvalue weighted by molar-refractivity contribution is 5.79. The predicted octanol–water partition coefficient (Wildman–Crippen LogP) is 3.73. The van der Waals surface area contributed by atoms with Gasteiger partial charge in [-0.2, -0.15) is 0 Å². The summed E-state index contributed by atoms with van der Waals surface area (Å²) in [6.07, 6.45) is 7.60. The number of benzene rings is 1. The van der Waals surface area contributed by atoms with Gasteiger partial charge in [0.05, 0.1) is 0 Å². The molecule has 2 heterocycles. The van der Waals surface area contributed by atoms with Gasteiger partial charge in [0, 0.05) is 30.4 Å². The van der Waals surface area contributed by atoms with Crippen LogP contribution in [-0.4, -0.2) is 9.97 Å². The highest BCUT2D eigenvalue weighted by atomic mass is 14.9. The molecule has 3 heteroatoms. The lowest BCUT2D eigenvalue weighted by Crippen LogP contribution is -2.24. The number of pyridine rings is 1. The topological polar surface area (TPSA) is 40.7 Å². The second-order valence-corrected chi connectivity index (χ2v) is 5.74. The van der Waals surface area contributed by atoms with E-state index >= 15 is 0 Å². The maximum atomic E-state index is 4.35. The normalized spacial score (nSPS) is 17.8. The molecule has 4 rings (SSSR count). The summed E-state index contributed by atoms with van der Waals surface area (Å²) in [5.41, 5.74) is 5.24. The molecule has 0 bridgehead atoms. The van der Waals surface area contributed by atoms with Gasteiger partial charge in [0.25, 0.3) is 0 Å². The van der Waals surface area contributed by atoms with Crippen LogP contribution in [0.1, 0.15) is 35.6 Å². The lowest BCUT2D eigenvalue weighted by atomic mass is 9.87. The van der Waals surface area contributed by atoms with Crippen LogP contribution < -0.4 is 5.32 Å². The molecule has 106 valence electrons. The summed E-state index contributed by atoms with van der Waals surface area (Å²) in [5, 5.41) is 4.94. The Hall–Kier alpha value is -2.13. The number of hydrogen-bond donors (Lipinski definition) is 2. The summed E-state index contributed by atoms with van der Waals surface area (Å²) < 4.78 is 0. The maximum Gasteiger partial charge on any atom is 0.137 e. The third kappa shape index (κ3) is 2.34. The third-order valence-electron chi connectivity index (χ3n) is 4.45. The van der Waals surface area contributed by atoms with Gasteiger partial charge in [0.15, 0.2) is 0 Å². The van der Waals surface area contributed by atoms with E-state index in [1.54, 1.807) is 0 Å². The highest BCUT2D eigenvalue weighted by Crippen LogP contribution is 2.30. The number of aromatic amines is 1. The van der Waals surface area contributed by atoms with Crippen LogP contribution in [0.2, 0.25) is 0 Å². The van der Waals surface area contributed by atoms with Crippen molar-refractivity contribution in [2.45, 2.75) is 31.8 Å². The van der Waals surface area contributed by atoms with Crippen molar-refractivity contribution in [1.82, 2.24) is 15.3 Å². The minimum absolute atomic E-state index is 0.469. The fourth-order valence-electron chi connectivity index (χ4n) is 3.36. The first-order valence-electron chi connectivity index (χ1n) is 7.64. The van der Waals surface area contributed by atoms with Gasteiger partial charge in [-0.15, -0.1) is 0 Å². The number of H-pyrrole nitrogens is 1. The monoisotopic (exact) mass is 277 g/mol. The van der Waals surface area contributed by atoms with Crippen molar-refractivity contribution in [3.63, 3.8) is 0 Å². The average molecular weight is 277 g/mol. The number of hydrogen-bond acceptors (Lipinski definition) is 2. The molecule has 0 fully saturated rings. The second kappa shape index (κ2) is 5.34. The van der Waals surface area contributed by atoms with Crippen molar-refractivity contribution >= 4 is 11.0 Å². The fraction of sp³-hybridized carbons (Fsp3) is 0.278. The Morgan fingerprint density at radius 2 is 2.14 bits per heavy atom. The summed E-state index contributed by atoms with van der Waals surface area (Å²) in [6, 6.07) is 13.4. The Morgan fingerprint density at radius 1 is 1.19 bits per heavy atom. The van der Waals surface area contributed by atoms with E-state index in [0.717, 1.165) is 12.2 Å². The summed E-state index contributed by atoms with van der Waals surface area (Å²) >= 11 is 0. The van der Waals surface area contributed by atoms with Crippen molar-refractivity contribution < 1.29 is 0 Å². The fourth-order valence-corrected chi connectivity index (χ4v) is 3.36. The number of fused-ring (bicyclic) bond motifs is 2. The number of aryl methyl sites for hydroxylation is 1. The van der Waals surface area contributed by atoms with E-state index in [9.17, 15) is 0 Å². The van der Waals surface area contributed by atoms with E-state index in [1.165, 1.54) is 41.3 Å². The molecule has 21 heavy (non-hydrogen) atoms. The van der Waals surface area contributed by atoms with Crippen LogP contribution in [0.5, 0.6) is 0 Å². The molecule has 2 N–H and O–H groups in total. The van der Waals surface area contributed by atoms with E-state index in [2.05, 4.69) is 51.8 Å². The minimum Gasteiger partial charge on any atom is -0.346 e. The molecule has 0 saturated heterocycles. The summed E-state index contributed by atoms with van der Waals surface area (Å²) in [6.45, 7) is 0.880. The van der Waals surface area contributed by atoms with E-state index in [0.29, 0.717) is 6.04 Å². The lowest BCUT2D eigenvalue weighted by molar-refractivity contribution is 0.460. The molecule has 0 aliphatic heterocycles. The molecule has 3 aromatic rings. The number of aromatic nitrogens is 2. The molecule has 0 spiro atoms. The minimum atomic E-state index is 0.469. The molecule has 1 aliphatic carbocycles. The molecule has 3 nitrogen and oxygen atoms in total. The second-order valence-electron chi connectivity index (χ2n) is 5.74. The summed E-state index contributed by atoms with van der Waals surface area (Å²) in [5.74, 6) is 0. The summed E-state index contributed by atoms with van der Waals surface area (Å²) in [4.78, 5) is 7.59. The molecule has 1 unspecified atom stereocenters. The van der Waals surface area contributed by atoms with Crippen LogP contribution in [0.4, 0.5) is 0 Å². The van der Waals surface area contributed by atoms with E-state index in [4.69, 9.17) is 0 Å². The van der Waals surface area contributed by atoms with Crippen LogP contribution in [-0.2, 0) is 13.0 Å². The number of nitrogens with one attached hydrogen (secondary N) is 2. The van der Waals surface area contributed by atoms with Crippen LogP contribution in [0.3, 0.4) is 0 Å². The molecular formula is C18H19N3. The molecule has 0 radical (unpaired) electrons. The van der Waals surface area contributed by atoms with E-state index in [1.807, 2.05) is 12.3 Å². The first-order valence-corrected chi connectivity index (χ1v) is 7.64. The van der Waals surface area contributed by atoms with Gasteiger partial charge in [0.2, 0.25) is 0 Å². The zero-order chi connectivity index (χ0) is 14.1. The molecule has 1 aromatic carbocycles. The third-order valence-corrected chi connectivity index (χ3v) is 4.45. The standard InChI is InChI=1S/C18H19N3/c1-2-7-15-13(5-1)6-3-9-17(15)20-11-14-12-21-18-16(14)8-4-10-19-18/h1-2,4-5,7-8,10,12,17,20H,3,6,9,11H2,(H,19,21). The van der Waals surface area contributed by atoms with Gasteiger partial charge in [0.1, 0.15) is 5.65 Å². The lowest BCUT2D eigenvalue weighted by Gasteiger charge is -2.26. The first-order chi connectivity index (χ1) is 10.4. The molecule has 1 aliphatic rings.